The topological polar surface area (TPSA) is 205 Å². The molecule has 0 saturated heterocycles. The fraction of sp³-hybridized carbons (Fsp3) is 0.0833. The molecule has 0 saturated carbocycles. The Labute approximate surface area is 136 Å². The number of imidazole rings is 1. The molecule has 3 aromatic rings. The molecular weight excluding hydrogens is 338 g/mol. The van der Waals surface area contributed by atoms with Crippen LogP contribution in [0, 0.1) is 10.1 Å². The van der Waals surface area contributed by atoms with Crippen molar-refractivity contribution in [1.82, 2.24) is 30.2 Å². The highest BCUT2D eigenvalue weighted by atomic mass is 16.6. The number of aromatic nitrogens is 5. The summed E-state index contributed by atoms with van der Waals surface area (Å²) in [6.07, 6.45) is 3.98. The van der Waals surface area contributed by atoms with E-state index in [9.17, 15) is 29.6 Å². The Morgan fingerprint density at radius 3 is 2.64 bits per heavy atom. The highest BCUT2D eigenvalue weighted by Crippen LogP contribution is 2.23. The van der Waals surface area contributed by atoms with Crippen LogP contribution in [0.2, 0.25) is 0 Å². The van der Waals surface area contributed by atoms with Gasteiger partial charge in [-0.2, -0.15) is 0 Å². The van der Waals surface area contributed by atoms with Crippen molar-refractivity contribution in [2.45, 2.75) is 6.54 Å². The number of hydrogen-bond donors (Lipinski definition) is 2. The number of nitrogens with one attached hydrogen (secondary N) is 1. The summed E-state index contributed by atoms with van der Waals surface area (Å²) in [7, 11) is 0. The van der Waals surface area contributed by atoms with Crippen LogP contribution in [0.3, 0.4) is 0 Å². The molecule has 0 aliphatic heterocycles. The van der Waals surface area contributed by atoms with Gasteiger partial charge < -0.3 is 21.0 Å². The molecule has 0 aromatic carbocycles. The molecule has 25 heavy (non-hydrogen) atoms. The van der Waals surface area contributed by atoms with Gasteiger partial charge in [-0.3, -0.25) is 28.8 Å². The number of quaternary nitrogens is 1. The number of hydrogen-bond acceptors (Lipinski definition) is 8. The first-order valence-electron chi connectivity index (χ1n) is 6.39. The fourth-order valence-corrected chi connectivity index (χ4v) is 2.16. The summed E-state index contributed by atoms with van der Waals surface area (Å²) in [5.74, 6) is -1.81. The molecule has 3 rings (SSSR count). The van der Waals surface area contributed by atoms with Gasteiger partial charge in [0, 0.05) is 18.5 Å². The average Bonchev–Trinajstić information content (AvgIpc) is 3.04. The van der Waals surface area contributed by atoms with Gasteiger partial charge in [0.1, 0.15) is 6.33 Å². The number of H-pyrrole nitrogens is 1. The first-order valence-corrected chi connectivity index (χ1v) is 6.39. The molecule has 0 amide bonds. The van der Waals surface area contributed by atoms with E-state index in [0.29, 0.717) is 4.57 Å². The van der Waals surface area contributed by atoms with E-state index < -0.39 is 34.2 Å². The molecule has 3 heterocycles. The van der Waals surface area contributed by atoms with Gasteiger partial charge in [0.25, 0.3) is 0 Å². The molecular formula is C12H11N7O6. The van der Waals surface area contributed by atoms with Gasteiger partial charge in [-0.1, -0.05) is 0 Å². The first-order chi connectivity index (χ1) is 11.4. The van der Waals surface area contributed by atoms with Crippen LogP contribution in [0.25, 0.3) is 17.0 Å². The zero-order valence-electron chi connectivity index (χ0n) is 12.7. The number of rotatable bonds is 4. The number of carboxylic acid groups (broad SMARTS) is 1. The Bertz CT molecular complexity index is 1080. The number of carbonyl (C=O) groups is 1. The molecule has 0 aliphatic rings. The smallest absolute Gasteiger partial charge is 0.318 e. The van der Waals surface area contributed by atoms with E-state index in [1.165, 1.54) is 23.3 Å². The molecule has 0 radical (unpaired) electrons. The fourth-order valence-electron chi connectivity index (χ4n) is 2.16. The average molecular weight is 349 g/mol. The van der Waals surface area contributed by atoms with Gasteiger partial charge in [0.15, 0.2) is 5.65 Å². The van der Waals surface area contributed by atoms with Crippen molar-refractivity contribution in [3.8, 4) is 5.82 Å². The van der Waals surface area contributed by atoms with Crippen LogP contribution in [0.1, 0.15) is 0 Å². The lowest BCUT2D eigenvalue weighted by Crippen LogP contribution is -2.41. The second-order valence-electron chi connectivity index (χ2n) is 4.65. The second-order valence-corrected chi connectivity index (χ2v) is 4.65. The number of carbonyl (C=O) groups excluding carboxylic acids is 1. The van der Waals surface area contributed by atoms with Crippen molar-refractivity contribution < 1.29 is 14.8 Å². The molecule has 3 aromatic heterocycles. The molecule has 0 aliphatic carbocycles. The number of aromatic amines is 1. The third-order valence-corrected chi connectivity index (χ3v) is 3.14. The minimum atomic E-state index is -1.62. The summed E-state index contributed by atoms with van der Waals surface area (Å²) in [6, 6.07) is 0.990. The maximum atomic E-state index is 11.9. The molecule has 0 atom stereocenters. The quantitative estimate of drug-likeness (QED) is 0.314. The minimum Gasteiger partial charge on any atom is -0.548 e. The largest absolute Gasteiger partial charge is 0.548 e. The number of pyridine rings is 1. The van der Waals surface area contributed by atoms with E-state index in [-0.39, 0.29) is 23.1 Å². The summed E-state index contributed by atoms with van der Waals surface area (Å²) in [5.41, 5.74) is -3.15. The number of fused-ring (bicyclic) bond motifs is 1. The zero-order chi connectivity index (χ0) is 17.4. The Kier molecular flexibility index (Phi) is 4.42. The van der Waals surface area contributed by atoms with Crippen LogP contribution in [-0.4, -0.2) is 35.0 Å². The Hall–Kier alpha value is -3.87. The highest BCUT2D eigenvalue weighted by Gasteiger charge is 2.21. The van der Waals surface area contributed by atoms with E-state index in [2.05, 4.69) is 15.0 Å². The maximum Gasteiger partial charge on any atom is 0.318 e. The zero-order valence-corrected chi connectivity index (χ0v) is 12.7. The lowest BCUT2D eigenvalue weighted by Gasteiger charge is -2.11. The van der Waals surface area contributed by atoms with Gasteiger partial charge >= 0.3 is 16.8 Å². The van der Waals surface area contributed by atoms with Crippen LogP contribution in [0.4, 0.5) is 5.69 Å². The Balaban J connectivity index is 0.00000225. The molecule has 5 N–H and O–H groups in total. The van der Waals surface area contributed by atoms with Gasteiger partial charge in [-0.05, 0) is 0 Å². The Morgan fingerprint density at radius 2 is 2.08 bits per heavy atom. The summed E-state index contributed by atoms with van der Waals surface area (Å²) in [6.45, 7) is -0.923. The molecule has 0 unspecified atom stereocenters. The lowest BCUT2D eigenvalue weighted by atomic mass is 10.3. The number of nitro groups is 1. The molecule has 0 spiro atoms. The monoisotopic (exact) mass is 349 g/mol. The van der Waals surface area contributed by atoms with Crippen molar-refractivity contribution in [2.24, 2.45) is 0 Å². The molecule has 13 heteroatoms. The van der Waals surface area contributed by atoms with Crippen molar-refractivity contribution in [1.29, 1.82) is 0 Å². The van der Waals surface area contributed by atoms with E-state index in [1.807, 2.05) is 0 Å². The van der Waals surface area contributed by atoms with Crippen LogP contribution in [0.15, 0.2) is 34.4 Å². The number of nitrogens with zero attached hydrogens (tertiary/aromatic N) is 5. The molecule has 0 fully saturated rings. The highest BCUT2D eigenvalue weighted by molar-refractivity contribution is 5.77. The number of aliphatic carboxylic acids is 1. The van der Waals surface area contributed by atoms with Crippen molar-refractivity contribution >= 4 is 22.8 Å². The van der Waals surface area contributed by atoms with Gasteiger partial charge in [0.2, 0.25) is 5.82 Å². The second kappa shape index (κ2) is 6.32. The predicted octanol–water partition coefficient (Wildman–Crippen LogP) is -1.70. The third-order valence-electron chi connectivity index (χ3n) is 3.14. The first kappa shape index (κ1) is 17.5. The molecule has 130 valence electrons. The standard InChI is InChI=1S/C12H8N6O6.H3N/c19-8(20)4-17-9-6(14-11(21)12(17)22)3-7(18(23)24)10(15-9)16-2-1-13-5-16;/h1-3,5H,4H2,(H,14,21)(H,19,20);1H3. The Morgan fingerprint density at radius 1 is 1.36 bits per heavy atom. The van der Waals surface area contributed by atoms with E-state index in [1.54, 1.807) is 0 Å². The number of carboxylic acids is 1. The maximum absolute atomic E-state index is 11.9. The molecule has 13 nitrogen and oxygen atoms in total. The van der Waals surface area contributed by atoms with Gasteiger partial charge in [0.05, 0.1) is 23.0 Å². The summed E-state index contributed by atoms with van der Waals surface area (Å²) in [5, 5.41) is 22.1. The van der Waals surface area contributed by atoms with Crippen LogP contribution >= 0.6 is 0 Å². The van der Waals surface area contributed by atoms with E-state index >= 15 is 0 Å². The van der Waals surface area contributed by atoms with E-state index in [4.69, 9.17) is 0 Å². The van der Waals surface area contributed by atoms with Crippen molar-refractivity contribution in [3.05, 3.63) is 55.6 Å². The van der Waals surface area contributed by atoms with Gasteiger partial charge in [-0.15, -0.1) is 0 Å². The van der Waals surface area contributed by atoms with Crippen LogP contribution in [-0.2, 0) is 11.3 Å². The lowest BCUT2D eigenvalue weighted by molar-refractivity contribution is -0.384. The summed E-state index contributed by atoms with van der Waals surface area (Å²) >= 11 is 0. The van der Waals surface area contributed by atoms with Crippen molar-refractivity contribution in [2.75, 3.05) is 0 Å². The minimum absolute atomic E-state index is 0. The van der Waals surface area contributed by atoms with Crippen LogP contribution in [0.5, 0.6) is 0 Å². The third kappa shape index (κ3) is 2.98. The van der Waals surface area contributed by atoms with Gasteiger partial charge in [-0.25, -0.2) is 9.97 Å². The SMILES string of the molecule is O=C([O-])Cn1c(=O)c(=O)[nH]c2cc([N+](=O)[O-])c(-n3ccnc3)nc21.[NH4+]. The molecule has 0 bridgehead atoms. The summed E-state index contributed by atoms with van der Waals surface area (Å²) in [4.78, 5) is 54.7. The van der Waals surface area contributed by atoms with E-state index in [0.717, 1.165) is 6.07 Å². The summed E-state index contributed by atoms with van der Waals surface area (Å²) < 4.78 is 1.80. The predicted molar refractivity (Wildman–Crippen MR) is 81.4 cm³/mol. The van der Waals surface area contributed by atoms with Crippen LogP contribution < -0.4 is 22.4 Å². The normalized spacial score (nSPS) is 10.4. The van der Waals surface area contributed by atoms with Crippen molar-refractivity contribution in [3.63, 3.8) is 0 Å².